The maximum absolute atomic E-state index is 12.2. The van der Waals surface area contributed by atoms with E-state index in [2.05, 4.69) is 5.10 Å². The summed E-state index contributed by atoms with van der Waals surface area (Å²) in [5.74, 6) is 0.0563. The zero-order valence-electron chi connectivity index (χ0n) is 12.8. The fraction of sp³-hybridized carbons (Fsp3) is 0.500. The molecule has 0 N–H and O–H groups in total. The second-order valence-corrected chi connectivity index (χ2v) is 5.26. The van der Waals surface area contributed by atoms with Gasteiger partial charge in [0.25, 0.3) is 5.91 Å². The van der Waals surface area contributed by atoms with E-state index in [0.717, 1.165) is 37.3 Å². The van der Waals surface area contributed by atoms with Crippen LogP contribution in [-0.4, -0.2) is 61.9 Å². The summed E-state index contributed by atoms with van der Waals surface area (Å²) in [6, 6.07) is 10.0. The van der Waals surface area contributed by atoms with Crippen LogP contribution in [0.3, 0.4) is 0 Å². The molecule has 21 heavy (non-hydrogen) atoms. The fourth-order valence-electron chi connectivity index (χ4n) is 2.34. The van der Waals surface area contributed by atoms with Gasteiger partial charge >= 0.3 is 0 Å². The number of amides is 1. The average molecular weight is 289 g/mol. The number of carbonyl (C=O) groups excluding carboxylic acids is 1. The molecular formula is C16H23N3O2. The topological polar surface area (TPSA) is 45.1 Å². The van der Waals surface area contributed by atoms with Crippen LogP contribution in [0.2, 0.25) is 0 Å². The number of carbonyl (C=O) groups is 1. The Hall–Kier alpha value is -1.72. The first-order chi connectivity index (χ1) is 10.2. The van der Waals surface area contributed by atoms with E-state index in [0.29, 0.717) is 13.1 Å². The van der Waals surface area contributed by atoms with E-state index < -0.39 is 0 Å². The lowest BCUT2D eigenvalue weighted by atomic mass is 10.1. The average Bonchev–Trinajstić information content (AvgIpc) is 2.98. The SMILES string of the molecule is COCCCN(C)CC(=O)N1CCC(c2ccccc2)=N1. The highest BCUT2D eigenvalue weighted by Crippen LogP contribution is 2.13. The molecule has 1 aliphatic rings. The number of benzene rings is 1. The third-order valence-electron chi connectivity index (χ3n) is 3.49. The predicted octanol–water partition coefficient (Wildman–Crippen LogP) is 1.59. The van der Waals surface area contributed by atoms with Crippen molar-refractivity contribution < 1.29 is 9.53 Å². The minimum atomic E-state index is 0.0563. The summed E-state index contributed by atoms with van der Waals surface area (Å²) in [4.78, 5) is 14.2. The molecule has 0 atom stereocenters. The van der Waals surface area contributed by atoms with Gasteiger partial charge in [0.15, 0.2) is 0 Å². The Bertz CT molecular complexity index is 488. The van der Waals surface area contributed by atoms with Gasteiger partial charge < -0.3 is 4.74 Å². The molecule has 0 saturated heterocycles. The van der Waals surface area contributed by atoms with E-state index in [9.17, 15) is 4.79 Å². The number of hydrogen-bond acceptors (Lipinski definition) is 4. The maximum atomic E-state index is 12.2. The molecule has 5 heteroatoms. The fourth-order valence-corrected chi connectivity index (χ4v) is 2.34. The minimum absolute atomic E-state index is 0.0563. The van der Waals surface area contributed by atoms with Gasteiger partial charge in [-0.3, -0.25) is 9.69 Å². The smallest absolute Gasteiger partial charge is 0.256 e. The van der Waals surface area contributed by atoms with Gasteiger partial charge in [-0.05, 0) is 19.0 Å². The second-order valence-electron chi connectivity index (χ2n) is 5.26. The first kappa shape index (κ1) is 15.7. The van der Waals surface area contributed by atoms with Crippen LogP contribution in [0.5, 0.6) is 0 Å². The van der Waals surface area contributed by atoms with Gasteiger partial charge in [-0.15, -0.1) is 0 Å². The van der Waals surface area contributed by atoms with Crippen molar-refractivity contribution in [1.29, 1.82) is 0 Å². The molecule has 0 fully saturated rings. The summed E-state index contributed by atoms with van der Waals surface area (Å²) in [6.45, 7) is 2.64. The quantitative estimate of drug-likeness (QED) is 0.716. The summed E-state index contributed by atoms with van der Waals surface area (Å²) in [5, 5.41) is 6.05. The van der Waals surface area contributed by atoms with Crippen molar-refractivity contribution in [1.82, 2.24) is 9.91 Å². The third-order valence-corrected chi connectivity index (χ3v) is 3.49. The highest BCUT2D eigenvalue weighted by molar-refractivity contribution is 6.02. The monoisotopic (exact) mass is 289 g/mol. The highest BCUT2D eigenvalue weighted by Gasteiger charge is 2.22. The van der Waals surface area contributed by atoms with Crippen molar-refractivity contribution in [2.24, 2.45) is 5.10 Å². The number of ether oxygens (including phenoxy) is 1. The normalized spacial score (nSPS) is 14.6. The van der Waals surface area contributed by atoms with E-state index in [1.54, 1.807) is 12.1 Å². The van der Waals surface area contributed by atoms with E-state index >= 15 is 0 Å². The Morgan fingerprint density at radius 1 is 1.38 bits per heavy atom. The zero-order chi connectivity index (χ0) is 15.1. The van der Waals surface area contributed by atoms with Crippen LogP contribution in [0, 0.1) is 0 Å². The summed E-state index contributed by atoms with van der Waals surface area (Å²) >= 11 is 0. The van der Waals surface area contributed by atoms with Crippen LogP contribution in [-0.2, 0) is 9.53 Å². The van der Waals surface area contributed by atoms with Crippen molar-refractivity contribution in [3.63, 3.8) is 0 Å². The van der Waals surface area contributed by atoms with Crippen LogP contribution in [0.15, 0.2) is 35.4 Å². The highest BCUT2D eigenvalue weighted by atomic mass is 16.5. The Kier molecular flexibility index (Phi) is 5.90. The van der Waals surface area contributed by atoms with Gasteiger partial charge in [-0.1, -0.05) is 30.3 Å². The van der Waals surface area contributed by atoms with Crippen molar-refractivity contribution >= 4 is 11.6 Å². The van der Waals surface area contributed by atoms with Gasteiger partial charge in [0, 0.05) is 26.7 Å². The Balaban J connectivity index is 1.85. The largest absolute Gasteiger partial charge is 0.385 e. The Morgan fingerprint density at radius 3 is 2.86 bits per heavy atom. The van der Waals surface area contributed by atoms with Crippen molar-refractivity contribution in [2.75, 3.05) is 40.4 Å². The lowest BCUT2D eigenvalue weighted by Crippen LogP contribution is -2.35. The summed E-state index contributed by atoms with van der Waals surface area (Å²) < 4.78 is 5.02. The lowest BCUT2D eigenvalue weighted by molar-refractivity contribution is -0.131. The number of methoxy groups -OCH3 is 1. The van der Waals surface area contributed by atoms with E-state index in [1.807, 2.05) is 42.3 Å². The van der Waals surface area contributed by atoms with Crippen LogP contribution < -0.4 is 0 Å². The summed E-state index contributed by atoms with van der Waals surface area (Å²) in [6.07, 6.45) is 1.75. The van der Waals surface area contributed by atoms with Crippen molar-refractivity contribution in [3.8, 4) is 0 Å². The van der Waals surface area contributed by atoms with Gasteiger partial charge in [0.05, 0.1) is 18.8 Å². The van der Waals surface area contributed by atoms with Crippen LogP contribution >= 0.6 is 0 Å². The number of likely N-dealkylation sites (N-methyl/N-ethyl adjacent to an activating group) is 1. The Labute approximate surface area is 126 Å². The molecule has 0 unspecified atom stereocenters. The summed E-state index contributed by atoms with van der Waals surface area (Å²) in [5.41, 5.74) is 2.09. The van der Waals surface area contributed by atoms with Gasteiger partial charge in [-0.25, -0.2) is 5.01 Å². The standard InChI is InChI=1S/C16H23N3O2/c1-18(10-6-12-21-2)13-16(20)19-11-9-15(17-19)14-7-4-3-5-8-14/h3-5,7-8H,6,9-13H2,1-2H3. The first-order valence-corrected chi connectivity index (χ1v) is 7.31. The molecule has 0 radical (unpaired) electrons. The molecule has 1 heterocycles. The number of hydrazone groups is 1. The maximum Gasteiger partial charge on any atom is 0.256 e. The number of hydrogen-bond donors (Lipinski definition) is 0. The molecule has 1 aromatic carbocycles. The zero-order valence-corrected chi connectivity index (χ0v) is 12.8. The molecule has 114 valence electrons. The first-order valence-electron chi connectivity index (χ1n) is 7.31. The second kappa shape index (κ2) is 7.90. The number of rotatable bonds is 7. The number of nitrogens with zero attached hydrogens (tertiary/aromatic N) is 3. The van der Waals surface area contributed by atoms with Gasteiger partial charge in [-0.2, -0.15) is 5.10 Å². The van der Waals surface area contributed by atoms with Gasteiger partial charge in [0.1, 0.15) is 0 Å². The molecule has 1 aromatic rings. The molecular weight excluding hydrogens is 266 g/mol. The predicted molar refractivity (Wildman–Crippen MR) is 83.3 cm³/mol. The van der Waals surface area contributed by atoms with E-state index in [1.165, 1.54) is 0 Å². The van der Waals surface area contributed by atoms with Crippen molar-refractivity contribution in [2.45, 2.75) is 12.8 Å². The molecule has 2 rings (SSSR count). The Morgan fingerprint density at radius 2 is 2.14 bits per heavy atom. The molecule has 1 amide bonds. The van der Waals surface area contributed by atoms with Crippen LogP contribution in [0.25, 0.3) is 0 Å². The van der Waals surface area contributed by atoms with Crippen LogP contribution in [0.4, 0.5) is 0 Å². The molecule has 0 saturated carbocycles. The van der Waals surface area contributed by atoms with Crippen molar-refractivity contribution in [3.05, 3.63) is 35.9 Å². The molecule has 5 nitrogen and oxygen atoms in total. The molecule has 0 spiro atoms. The van der Waals surface area contributed by atoms with Gasteiger partial charge in [0.2, 0.25) is 0 Å². The van der Waals surface area contributed by atoms with E-state index in [4.69, 9.17) is 4.74 Å². The minimum Gasteiger partial charge on any atom is -0.385 e. The lowest BCUT2D eigenvalue weighted by Gasteiger charge is -2.18. The molecule has 0 aromatic heterocycles. The molecule has 0 bridgehead atoms. The van der Waals surface area contributed by atoms with Crippen LogP contribution in [0.1, 0.15) is 18.4 Å². The van der Waals surface area contributed by atoms with E-state index in [-0.39, 0.29) is 5.91 Å². The molecule has 0 aliphatic carbocycles. The third kappa shape index (κ3) is 4.65. The molecule has 1 aliphatic heterocycles. The summed E-state index contributed by atoms with van der Waals surface area (Å²) in [7, 11) is 3.64.